The van der Waals surface area contributed by atoms with Gasteiger partial charge in [0.15, 0.2) is 6.23 Å². The van der Waals surface area contributed by atoms with Crippen molar-refractivity contribution in [1.29, 1.82) is 0 Å². The molecule has 2 aliphatic heterocycles. The van der Waals surface area contributed by atoms with E-state index < -0.39 is 43.1 Å². The topological polar surface area (TPSA) is 129 Å². The Labute approximate surface area is 143 Å². The van der Waals surface area contributed by atoms with Crippen molar-refractivity contribution in [2.45, 2.75) is 50.7 Å². The van der Waals surface area contributed by atoms with Crippen molar-refractivity contribution in [3.63, 3.8) is 0 Å². The molecule has 3 rings (SSSR count). The number of hydrogen-bond donors (Lipinski definition) is 2. The lowest BCUT2D eigenvalue weighted by Crippen LogP contribution is -2.49. The number of ether oxygens (including phenoxy) is 2. The minimum absolute atomic E-state index is 0.331. The fourth-order valence-electron chi connectivity index (χ4n) is 3.36. The van der Waals surface area contributed by atoms with Gasteiger partial charge in [-0.05, 0) is 13.3 Å². The van der Waals surface area contributed by atoms with Crippen LogP contribution in [0.15, 0.2) is 15.8 Å². The van der Waals surface area contributed by atoms with Crippen LogP contribution in [0.25, 0.3) is 0 Å². The average Bonchev–Trinajstić information content (AvgIpc) is 2.73. The Morgan fingerprint density at radius 2 is 2.24 bits per heavy atom. The zero-order chi connectivity index (χ0) is 18.4. The van der Waals surface area contributed by atoms with E-state index in [1.54, 1.807) is 6.92 Å². The fourth-order valence-corrected chi connectivity index (χ4v) is 4.04. The van der Waals surface area contributed by atoms with Crippen molar-refractivity contribution in [1.82, 2.24) is 9.55 Å². The van der Waals surface area contributed by atoms with E-state index in [-0.39, 0.29) is 0 Å². The Morgan fingerprint density at radius 3 is 2.88 bits per heavy atom. The van der Waals surface area contributed by atoms with Crippen molar-refractivity contribution in [3.05, 3.63) is 32.6 Å². The molecule has 3 unspecified atom stereocenters. The molecule has 2 aliphatic rings. The number of fused-ring (bicyclic) bond motifs is 2. The van der Waals surface area contributed by atoms with Crippen LogP contribution in [0.2, 0.25) is 0 Å². The molecule has 1 aromatic heterocycles. The summed E-state index contributed by atoms with van der Waals surface area (Å²) in [6, 6.07) is 0. The Bertz CT molecular complexity index is 820. The van der Waals surface area contributed by atoms with E-state index >= 15 is 0 Å². The van der Waals surface area contributed by atoms with E-state index in [0.29, 0.717) is 25.0 Å². The van der Waals surface area contributed by atoms with Gasteiger partial charge in [0.05, 0.1) is 6.61 Å². The Kier molecular flexibility index (Phi) is 4.78. The van der Waals surface area contributed by atoms with E-state index in [1.807, 2.05) is 6.92 Å². The molecule has 5 atom stereocenters. The zero-order valence-electron chi connectivity index (χ0n) is 14.1. The van der Waals surface area contributed by atoms with Gasteiger partial charge in [0.1, 0.15) is 17.8 Å². The maximum atomic E-state index is 12.2. The van der Waals surface area contributed by atoms with Gasteiger partial charge in [-0.3, -0.25) is 23.4 Å². The van der Waals surface area contributed by atoms with E-state index in [9.17, 15) is 19.0 Å². The first kappa shape index (κ1) is 18.5. The summed E-state index contributed by atoms with van der Waals surface area (Å²) in [6.45, 7) is 3.78. The fraction of sp³-hybridized carbons (Fsp3) is 0.714. The number of hydrogen-bond acceptors (Lipinski definition) is 7. The summed E-state index contributed by atoms with van der Waals surface area (Å²) in [7, 11) is -3.22. The van der Waals surface area contributed by atoms with Crippen LogP contribution >= 0.6 is 7.82 Å². The number of H-pyrrole nitrogens is 1. The van der Waals surface area contributed by atoms with Gasteiger partial charge in [-0.15, -0.1) is 0 Å². The van der Waals surface area contributed by atoms with Crippen LogP contribution in [0.3, 0.4) is 0 Å². The Morgan fingerprint density at radius 1 is 1.52 bits per heavy atom. The summed E-state index contributed by atoms with van der Waals surface area (Å²) >= 11 is 0. The highest BCUT2D eigenvalue weighted by atomic mass is 31.2. The zero-order valence-corrected chi connectivity index (χ0v) is 15.0. The van der Waals surface area contributed by atoms with Crippen LogP contribution in [0.1, 0.15) is 31.6 Å². The number of phosphoric ester groups is 1. The predicted octanol–water partition coefficient (Wildman–Crippen LogP) is 0.444. The SMILES string of the molecule is CC[C@]12CCOC(C1OP(=O)(O)OC)[C@H](n1cc(C)c(=O)[nH]c1=O)O2. The standard InChI is InChI=1S/C14H21N2O8P/c1-4-14-5-6-22-9(10(14)24-25(19,20)21-3)12(23-14)16-7-8(2)11(17)15-13(16)18/h7,9-10,12H,4-6H2,1-3H3,(H,19,20)(H,15,17,18)/t9?,10?,12-,14+/m1/s1. The van der Waals surface area contributed by atoms with Gasteiger partial charge < -0.3 is 14.4 Å². The van der Waals surface area contributed by atoms with Crippen molar-refractivity contribution in [2.24, 2.45) is 0 Å². The van der Waals surface area contributed by atoms with Gasteiger partial charge in [-0.2, -0.15) is 0 Å². The average molecular weight is 376 g/mol. The molecule has 2 saturated heterocycles. The molecule has 11 heteroatoms. The van der Waals surface area contributed by atoms with Crippen molar-refractivity contribution in [3.8, 4) is 0 Å². The van der Waals surface area contributed by atoms with E-state index in [1.165, 1.54) is 10.8 Å². The van der Waals surface area contributed by atoms with Crippen molar-refractivity contribution >= 4 is 7.82 Å². The van der Waals surface area contributed by atoms with Gasteiger partial charge in [0.2, 0.25) is 0 Å². The number of phosphoric acid groups is 1. The molecule has 25 heavy (non-hydrogen) atoms. The molecule has 0 radical (unpaired) electrons. The molecule has 1 aromatic rings. The van der Waals surface area contributed by atoms with Crippen molar-refractivity contribution < 1.29 is 28.0 Å². The molecule has 0 aromatic carbocycles. The number of aryl methyl sites for hydroxylation is 1. The largest absolute Gasteiger partial charge is 0.472 e. The number of nitrogens with one attached hydrogen (secondary N) is 1. The third kappa shape index (κ3) is 3.14. The van der Waals surface area contributed by atoms with E-state index in [0.717, 1.165) is 7.11 Å². The highest BCUT2D eigenvalue weighted by molar-refractivity contribution is 7.47. The third-order valence-corrected chi connectivity index (χ3v) is 5.74. The Hall–Kier alpha value is -1.29. The first-order valence-corrected chi connectivity index (χ1v) is 9.41. The van der Waals surface area contributed by atoms with E-state index in [2.05, 4.69) is 9.51 Å². The number of nitrogens with zero attached hydrogens (tertiary/aromatic N) is 1. The third-order valence-electron chi connectivity index (χ3n) is 4.78. The molecule has 2 bridgehead atoms. The second-order valence-corrected chi connectivity index (χ2v) is 7.68. The molecule has 140 valence electrons. The normalized spacial score (nSPS) is 34.0. The highest BCUT2D eigenvalue weighted by Gasteiger charge is 2.60. The van der Waals surface area contributed by atoms with Gasteiger partial charge >= 0.3 is 13.5 Å². The van der Waals surface area contributed by atoms with Crippen LogP contribution in [0.5, 0.6) is 0 Å². The molecule has 10 nitrogen and oxygen atoms in total. The molecule has 3 heterocycles. The monoisotopic (exact) mass is 376 g/mol. The molecule has 2 fully saturated rings. The quantitative estimate of drug-likeness (QED) is 0.709. The lowest BCUT2D eigenvalue weighted by Gasteiger charge is -2.37. The molecule has 0 aliphatic carbocycles. The molecule has 0 saturated carbocycles. The van der Waals surface area contributed by atoms with E-state index in [4.69, 9.17) is 14.0 Å². The smallest absolute Gasteiger partial charge is 0.371 e. The van der Waals surface area contributed by atoms with Gasteiger partial charge in [-0.25, -0.2) is 9.36 Å². The number of aromatic amines is 1. The molecule has 0 spiro atoms. The second kappa shape index (κ2) is 6.46. The summed E-state index contributed by atoms with van der Waals surface area (Å²) < 4.78 is 34.8. The molecule has 2 N–H and O–H groups in total. The van der Waals surface area contributed by atoms with Gasteiger partial charge in [0.25, 0.3) is 5.56 Å². The summed E-state index contributed by atoms with van der Waals surface area (Å²) in [6.07, 6.45) is -0.298. The summed E-state index contributed by atoms with van der Waals surface area (Å²) in [5.41, 5.74) is -1.70. The predicted molar refractivity (Wildman–Crippen MR) is 85.3 cm³/mol. The van der Waals surface area contributed by atoms with Crippen LogP contribution in [-0.2, 0) is 23.1 Å². The minimum atomic E-state index is -4.28. The summed E-state index contributed by atoms with van der Waals surface area (Å²) in [5.74, 6) is 0. The van der Waals surface area contributed by atoms with Crippen LogP contribution in [0, 0.1) is 6.92 Å². The second-order valence-electron chi connectivity index (χ2n) is 6.17. The van der Waals surface area contributed by atoms with Gasteiger partial charge in [-0.1, -0.05) is 6.92 Å². The first-order valence-electron chi connectivity index (χ1n) is 7.91. The molecular formula is C14H21N2O8P. The summed E-state index contributed by atoms with van der Waals surface area (Å²) in [5, 5.41) is 0. The molecule has 0 amide bonds. The van der Waals surface area contributed by atoms with Crippen LogP contribution in [0.4, 0.5) is 0 Å². The maximum absolute atomic E-state index is 12.2. The lowest BCUT2D eigenvalue weighted by molar-refractivity contribution is -0.120. The molecular weight excluding hydrogens is 355 g/mol. The summed E-state index contributed by atoms with van der Waals surface area (Å²) in [4.78, 5) is 35.7. The highest BCUT2D eigenvalue weighted by Crippen LogP contribution is 2.54. The van der Waals surface area contributed by atoms with Gasteiger partial charge in [0, 0.05) is 25.3 Å². The first-order chi connectivity index (χ1) is 11.7. The van der Waals surface area contributed by atoms with Crippen LogP contribution < -0.4 is 11.2 Å². The number of aromatic nitrogens is 2. The van der Waals surface area contributed by atoms with Crippen molar-refractivity contribution in [2.75, 3.05) is 13.7 Å². The van der Waals surface area contributed by atoms with Crippen LogP contribution in [-0.4, -0.2) is 46.0 Å². The Balaban J connectivity index is 2.04. The minimum Gasteiger partial charge on any atom is -0.371 e. The number of rotatable bonds is 5. The lowest BCUT2D eigenvalue weighted by atomic mass is 9.87. The maximum Gasteiger partial charge on any atom is 0.472 e.